The predicted molar refractivity (Wildman–Crippen MR) is 77.6 cm³/mol. The fourth-order valence-electron chi connectivity index (χ4n) is 1.76. The number of aliphatic hydroxyl groups is 4. The molecule has 1 aliphatic rings. The van der Waals surface area contributed by atoms with Crippen LogP contribution < -0.4 is 10.6 Å². The van der Waals surface area contributed by atoms with Gasteiger partial charge in [-0.05, 0) is 10.8 Å². The van der Waals surface area contributed by atoms with Gasteiger partial charge in [0.25, 0.3) is 0 Å². The molecule has 0 aromatic carbocycles. The highest BCUT2D eigenvalue weighted by Gasteiger charge is 2.43. The van der Waals surface area contributed by atoms with E-state index in [4.69, 9.17) is 9.84 Å². The van der Waals surface area contributed by atoms with E-state index in [1.54, 1.807) is 0 Å². The van der Waals surface area contributed by atoms with Crippen molar-refractivity contribution in [3.63, 3.8) is 0 Å². The van der Waals surface area contributed by atoms with E-state index >= 15 is 0 Å². The molecule has 5 atom stereocenters. The van der Waals surface area contributed by atoms with E-state index in [0.717, 1.165) is 6.26 Å². The summed E-state index contributed by atoms with van der Waals surface area (Å²) >= 11 is 0. The van der Waals surface area contributed by atoms with Crippen molar-refractivity contribution < 1.29 is 38.4 Å². The van der Waals surface area contributed by atoms with Crippen molar-refractivity contribution in [2.24, 2.45) is 0 Å². The number of amides is 2. The van der Waals surface area contributed by atoms with Gasteiger partial charge < -0.3 is 35.8 Å². The molecule has 6 N–H and O–H groups in total. The topological polar surface area (TPSA) is 165 Å². The molecule has 1 saturated heterocycles. The number of rotatable bonds is 6. The van der Waals surface area contributed by atoms with E-state index in [9.17, 15) is 28.5 Å². The maximum Gasteiger partial charge on any atom is 0.316 e. The summed E-state index contributed by atoms with van der Waals surface area (Å²) in [7, 11) is -2.52. The Morgan fingerprint density at radius 2 is 1.86 bits per heavy atom. The molecule has 1 aliphatic heterocycles. The van der Waals surface area contributed by atoms with Crippen LogP contribution in [-0.4, -0.2) is 90.7 Å². The standard InChI is InChI=1S/C10H20N2O8S2/c1-22(18,19)21-3-2-11-10(17)12-9-8(16)7(15)6(14)5(4-13)20-9/h5-9,13-16H,2-4H2,1H3,(H2,11,12,17)/t5?,6-,7?,8?,9+/m0/s1. The largest absolute Gasteiger partial charge is 0.394 e. The minimum absolute atomic E-state index is 0.0565. The summed E-state index contributed by atoms with van der Waals surface area (Å²) in [6.07, 6.45) is -6.06. The fraction of sp³-hybridized carbons (Fsp3) is 0.900. The van der Waals surface area contributed by atoms with Crippen molar-refractivity contribution in [3.05, 3.63) is 0 Å². The maximum absolute atomic E-state index is 11.6. The fourth-order valence-corrected chi connectivity index (χ4v) is 3.41. The smallest absolute Gasteiger partial charge is 0.316 e. The van der Waals surface area contributed by atoms with Crippen molar-refractivity contribution in [3.8, 4) is 0 Å². The second kappa shape index (κ2) is 8.29. The molecule has 2 amide bonds. The predicted octanol–water partition coefficient (Wildman–Crippen LogP) is -3.22. The van der Waals surface area contributed by atoms with Gasteiger partial charge in [0.1, 0.15) is 24.4 Å². The average molecular weight is 360 g/mol. The summed E-state index contributed by atoms with van der Waals surface area (Å²) < 4.78 is 26.8. The van der Waals surface area contributed by atoms with Crippen LogP contribution in [0.2, 0.25) is 0 Å². The summed E-state index contributed by atoms with van der Waals surface area (Å²) in [5.74, 6) is 0.140. The van der Waals surface area contributed by atoms with Crippen LogP contribution in [0.1, 0.15) is 0 Å². The van der Waals surface area contributed by atoms with Gasteiger partial charge in [0.05, 0.1) is 6.61 Å². The molecule has 12 heteroatoms. The minimum Gasteiger partial charge on any atom is -0.394 e. The molecular formula is C10H20N2O8S2. The highest BCUT2D eigenvalue weighted by Crippen LogP contribution is 2.19. The van der Waals surface area contributed by atoms with Crippen LogP contribution in [0, 0.1) is 0 Å². The average Bonchev–Trinajstić information content (AvgIpc) is 2.43. The molecule has 0 aliphatic carbocycles. The first-order valence-corrected chi connectivity index (χ1v) is 9.74. The number of carbonyl (C=O) groups excluding carboxylic acids is 1. The highest BCUT2D eigenvalue weighted by atomic mass is 33.1. The Hall–Kier alpha value is -0.630. The Morgan fingerprint density at radius 3 is 2.41 bits per heavy atom. The molecule has 0 aromatic rings. The zero-order valence-corrected chi connectivity index (χ0v) is 13.4. The third-order valence-corrected chi connectivity index (χ3v) is 5.43. The van der Waals surface area contributed by atoms with Crippen LogP contribution in [0.5, 0.6) is 0 Å². The first-order valence-electron chi connectivity index (χ1n) is 6.35. The molecule has 1 rings (SSSR count). The number of hydrogen-bond donors (Lipinski definition) is 6. The number of ether oxygens (including phenoxy) is 1. The normalized spacial score (nSPS) is 32.5. The van der Waals surface area contributed by atoms with Crippen molar-refractivity contribution in [2.75, 3.05) is 25.2 Å². The molecule has 0 bridgehead atoms. The molecule has 0 aromatic heterocycles. The van der Waals surface area contributed by atoms with Gasteiger partial charge in [-0.25, -0.2) is 13.2 Å². The molecule has 0 saturated carbocycles. The minimum atomic E-state index is -3.19. The van der Waals surface area contributed by atoms with Gasteiger partial charge in [-0.3, -0.25) is 0 Å². The van der Waals surface area contributed by atoms with Crippen LogP contribution in [0.3, 0.4) is 0 Å². The van der Waals surface area contributed by atoms with E-state index < -0.39 is 52.2 Å². The Balaban J connectivity index is 2.42. The molecule has 1 heterocycles. The number of nitrogens with one attached hydrogen (secondary N) is 2. The van der Waals surface area contributed by atoms with Crippen molar-refractivity contribution in [2.45, 2.75) is 30.6 Å². The third kappa shape index (κ3) is 5.87. The Bertz CT molecular complexity index is 472. The zero-order chi connectivity index (χ0) is 16.9. The van der Waals surface area contributed by atoms with Gasteiger partial charge in [-0.2, -0.15) is 0 Å². The first kappa shape index (κ1) is 19.4. The lowest BCUT2D eigenvalue weighted by atomic mass is 9.98. The molecule has 22 heavy (non-hydrogen) atoms. The summed E-state index contributed by atoms with van der Waals surface area (Å²) in [6, 6.07) is -0.751. The van der Waals surface area contributed by atoms with Crippen LogP contribution >= 0.6 is 10.8 Å². The van der Waals surface area contributed by atoms with Crippen molar-refractivity contribution in [1.82, 2.24) is 10.6 Å². The molecule has 3 unspecified atom stereocenters. The summed E-state index contributed by atoms with van der Waals surface area (Å²) in [4.78, 5) is 11.6. The number of aliphatic hydroxyl groups excluding tert-OH is 4. The van der Waals surface area contributed by atoms with Crippen LogP contribution in [0.25, 0.3) is 0 Å². The van der Waals surface area contributed by atoms with Crippen LogP contribution in [0.4, 0.5) is 4.79 Å². The quantitative estimate of drug-likeness (QED) is 0.211. The number of carbonyl (C=O) groups is 1. The number of urea groups is 1. The van der Waals surface area contributed by atoms with E-state index in [0.29, 0.717) is 10.8 Å². The lowest BCUT2D eigenvalue weighted by Crippen LogP contribution is -2.64. The van der Waals surface area contributed by atoms with Gasteiger partial charge in [0.2, 0.25) is 0 Å². The van der Waals surface area contributed by atoms with E-state index in [-0.39, 0.29) is 12.3 Å². The summed E-state index contributed by atoms with van der Waals surface area (Å²) in [5.41, 5.74) is 0. The van der Waals surface area contributed by atoms with Gasteiger partial charge in [-0.1, -0.05) is 0 Å². The monoisotopic (exact) mass is 360 g/mol. The molecule has 0 radical (unpaired) electrons. The van der Waals surface area contributed by atoms with Crippen molar-refractivity contribution >= 4 is 25.7 Å². The SMILES string of the molecule is CS(=O)(=O)SCCNC(=O)N[C@@H]1OC(CO)[C@H](O)C(O)C1O. The first-order chi connectivity index (χ1) is 10.2. The lowest BCUT2D eigenvalue weighted by Gasteiger charge is -2.40. The van der Waals surface area contributed by atoms with Crippen LogP contribution in [-0.2, 0) is 13.6 Å². The molecule has 130 valence electrons. The summed E-state index contributed by atoms with van der Waals surface area (Å²) in [5, 5.41) is 42.4. The maximum atomic E-state index is 11.6. The summed E-state index contributed by atoms with van der Waals surface area (Å²) in [6.45, 7) is -0.545. The second-order valence-electron chi connectivity index (χ2n) is 4.68. The molecule has 10 nitrogen and oxygen atoms in total. The van der Waals surface area contributed by atoms with E-state index in [1.165, 1.54) is 0 Å². The number of hydrogen-bond acceptors (Lipinski definition) is 9. The Morgan fingerprint density at radius 1 is 1.23 bits per heavy atom. The van der Waals surface area contributed by atoms with Crippen LogP contribution in [0.15, 0.2) is 0 Å². The molecule has 0 spiro atoms. The third-order valence-electron chi connectivity index (χ3n) is 2.85. The Labute approximate surface area is 131 Å². The van der Waals surface area contributed by atoms with E-state index in [1.807, 2.05) is 0 Å². The van der Waals surface area contributed by atoms with Gasteiger partial charge >= 0.3 is 6.03 Å². The van der Waals surface area contributed by atoms with E-state index in [2.05, 4.69) is 10.6 Å². The van der Waals surface area contributed by atoms with Crippen molar-refractivity contribution in [1.29, 1.82) is 0 Å². The lowest BCUT2D eigenvalue weighted by molar-refractivity contribution is -0.233. The van der Waals surface area contributed by atoms with Gasteiger partial charge in [-0.15, -0.1) is 0 Å². The highest BCUT2D eigenvalue weighted by molar-refractivity contribution is 8.71. The second-order valence-corrected chi connectivity index (χ2v) is 9.25. The van der Waals surface area contributed by atoms with Gasteiger partial charge in [0.15, 0.2) is 15.1 Å². The van der Waals surface area contributed by atoms with Gasteiger partial charge in [0, 0.05) is 18.6 Å². The zero-order valence-electron chi connectivity index (χ0n) is 11.7. The Kier molecular flexibility index (Phi) is 7.31. The molecular weight excluding hydrogens is 340 g/mol. The molecule has 1 fully saturated rings.